The monoisotopic (exact) mass is 255 g/mol. The van der Waals surface area contributed by atoms with Crippen LogP contribution < -0.4 is 10.6 Å². The predicted octanol–water partition coefficient (Wildman–Crippen LogP) is 0.792. The molecule has 0 atom stereocenters. The number of anilines is 2. The first-order valence-electron chi connectivity index (χ1n) is 5.41. The Morgan fingerprint density at radius 2 is 1.83 bits per heavy atom. The van der Waals surface area contributed by atoms with E-state index >= 15 is 0 Å². The molecule has 100 valence electrons. The van der Waals surface area contributed by atoms with Gasteiger partial charge >= 0.3 is 0 Å². The molecule has 1 aromatic carbocycles. The van der Waals surface area contributed by atoms with E-state index in [-0.39, 0.29) is 18.9 Å². The number of nitrogens with zero attached hydrogens (tertiary/aromatic N) is 1. The number of aliphatic hydroxyl groups excluding tert-OH is 2. The van der Waals surface area contributed by atoms with E-state index in [9.17, 15) is 20.3 Å². The number of rotatable bonds is 6. The summed E-state index contributed by atoms with van der Waals surface area (Å²) in [5, 5.41) is 34.8. The summed E-state index contributed by atoms with van der Waals surface area (Å²) in [6, 6.07) is 4.42. The lowest BCUT2D eigenvalue weighted by Crippen LogP contribution is -2.42. The van der Waals surface area contributed by atoms with Crippen LogP contribution >= 0.6 is 0 Å². The predicted molar refractivity (Wildman–Crippen MR) is 68.8 cm³/mol. The van der Waals surface area contributed by atoms with Crippen molar-refractivity contribution >= 4 is 17.1 Å². The molecule has 1 aromatic rings. The molecule has 1 rings (SSSR count). The Balaban J connectivity index is 3.08. The second-order valence-electron chi connectivity index (χ2n) is 4.28. The molecule has 0 aliphatic heterocycles. The number of aliphatic hydroxyl groups is 2. The molecule has 0 aliphatic carbocycles. The van der Waals surface area contributed by atoms with Gasteiger partial charge in [0.15, 0.2) is 0 Å². The van der Waals surface area contributed by atoms with E-state index in [4.69, 9.17) is 0 Å². The number of benzene rings is 1. The molecular formula is C11H17N3O4. The number of hydrogen-bond donors (Lipinski definition) is 4. The van der Waals surface area contributed by atoms with Gasteiger partial charge in [-0.1, -0.05) is 0 Å². The van der Waals surface area contributed by atoms with Gasteiger partial charge in [-0.3, -0.25) is 10.1 Å². The van der Waals surface area contributed by atoms with Crippen molar-refractivity contribution in [3.8, 4) is 0 Å². The third-order valence-electron chi connectivity index (χ3n) is 2.56. The molecule has 0 heterocycles. The largest absolute Gasteiger partial charge is 0.394 e. The van der Waals surface area contributed by atoms with E-state index in [1.165, 1.54) is 12.1 Å². The highest BCUT2D eigenvalue weighted by Gasteiger charge is 2.23. The maximum absolute atomic E-state index is 10.8. The Labute approximate surface area is 105 Å². The van der Waals surface area contributed by atoms with Gasteiger partial charge in [0.05, 0.1) is 23.7 Å². The van der Waals surface area contributed by atoms with Gasteiger partial charge in [-0.25, -0.2) is 0 Å². The summed E-state index contributed by atoms with van der Waals surface area (Å²) in [6.07, 6.45) is 0. The maximum atomic E-state index is 10.8. The Bertz CT molecular complexity index is 432. The second kappa shape index (κ2) is 5.65. The van der Waals surface area contributed by atoms with Gasteiger partial charge in [-0.2, -0.15) is 0 Å². The summed E-state index contributed by atoms with van der Waals surface area (Å²) in [4.78, 5) is 10.3. The number of nitro groups is 1. The van der Waals surface area contributed by atoms with Crippen LogP contribution in [-0.2, 0) is 0 Å². The van der Waals surface area contributed by atoms with Crippen molar-refractivity contribution in [2.75, 3.05) is 30.9 Å². The van der Waals surface area contributed by atoms with Gasteiger partial charge in [0, 0.05) is 30.6 Å². The number of nitro benzene ring substituents is 1. The summed E-state index contributed by atoms with van der Waals surface area (Å²) < 4.78 is 0. The molecular weight excluding hydrogens is 238 g/mol. The van der Waals surface area contributed by atoms with E-state index in [1.54, 1.807) is 20.0 Å². The molecule has 0 radical (unpaired) electrons. The molecule has 0 saturated carbocycles. The van der Waals surface area contributed by atoms with Crippen LogP contribution in [0.2, 0.25) is 0 Å². The summed E-state index contributed by atoms with van der Waals surface area (Å²) in [5.41, 5.74) is 0.0342. The summed E-state index contributed by atoms with van der Waals surface area (Å²) in [6.45, 7) is 1.03. The molecule has 0 fully saturated rings. The summed E-state index contributed by atoms with van der Waals surface area (Å²) in [7, 11) is 1.65. The van der Waals surface area contributed by atoms with E-state index in [0.29, 0.717) is 11.4 Å². The summed E-state index contributed by atoms with van der Waals surface area (Å²) in [5.74, 6) is 0. The average Bonchev–Trinajstić information content (AvgIpc) is 2.38. The first kappa shape index (κ1) is 14.2. The van der Waals surface area contributed by atoms with Crippen molar-refractivity contribution in [3.05, 3.63) is 28.3 Å². The highest BCUT2D eigenvalue weighted by molar-refractivity contribution is 5.64. The molecule has 7 nitrogen and oxygen atoms in total. The Kier molecular flexibility index (Phi) is 4.46. The number of non-ortho nitro benzene ring substituents is 1. The minimum Gasteiger partial charge on any atom is -0.394 e. The average molecular weight is 255 g/mol. The molecule has 0 aromatic heterocycles. The smallest absolute Gasteiger partial charge is 0.273 e. The van der Waals surface area contributed by atoms with Crippen molar-refractivity contribution in [1.82, 2.24) is 0 Å². The molecule has 0 unspecified atom stereocenters. The lowest BCUT2D eigenvalue weighted by atomic mass is 10.0. The highest BCUT2D eigenvalue weighted by atomic mass is 16.6. The molecule has 0 amide bonds. The molecule has 4 N–H and O–H groups in total. The standard InChI is InChI=1S/C11H17N3O4/c1-11(6-15,7-16)13-9-3-8(12-2)4-10(5-9)14(17)18/h3-5,12-13,15-16H,6-7H2,1-2H3. The van der Waals surface area contributed by atoms with Gasteiger partial charge in [0.1, 0.15) is 0 Å². The maximum Gasteiger partial charge on any atom is 0.273 e. The van der Waals surface area contributed by atoms with Crippen LogP contribution in [0, 0.1) is 10.1 Å². The summed E-state index contributed by atoms with van der Waals surface area (Å²) >= 11 is 0. The van der Waals surface area contributed by atoms with Gasteiger partial charge < -0.3 is 20.8 Å². The second-order valence-corrected chi connectivity index (χ2v) is 4.28. The Hall–Kier alpha value is -1.86. The van der Waals surface area contributed by atoms with Crippen molar-refractivity contribution in [1.29, 1.82) is 0 Å². The first-order chi connectivity index (χ1) is 8.44. The lowest BCUT2D eigenvalue weighted by molar-refractivity contribution is -0.384. The van der Waals surface area contributed by atoms with E-state index in [2.05, 4.69) is 10.6 Å². The number of nitrogens with one attached hydrogen (secondary N) is 2. The zero-order valence-electron chi connectivity index (χ0n) is 10.3. The van der Waals surface area contributed by atoms with Crippen LogP contribution in [-0.4, -0.2) is 40.9 Å². The Morgan fingerprint density at radius 1 is 1.28 bits per heavy atom. The zero-order chi connectivity index (χ0) is 13.8. The Morgan fingerprint density at radius 3 is 2.28 bits per heavy atom. The minimum absolute atomic E-state index is 0.0671. The normalized spacial score (nSPS) is 11.1. The molecule has 7 heteroatoms. The van der Waals surface area contributed by atoms with Crippen LogP contribution in [0.25, 0.3) is 0 Å². The van der Waals surface area contributed by atoms with Crippen LogP contribution in [0.1, 0.15) is 6.92 Å². The van der Waals surface area contributed by atoms with Crippen molar-refractivity contribution in [3.63, 3.8) is 0 Å². The molecule has 0 saturated heterocycles. The zero-order valence-corrected chi connectivity index (χ0v) is 10.3. The van der Waals surface area contributed by atoms with E-state index in [1.807, 2.05) is 0 Å². The fraction of sp³-hybridized carbons (Fsp3) is 0.455. The SMILES string of the molecule is CNc1cc(NC(C)(CO)CO)cc([N+](=O)[O-])c1. The molecule has 0 bridgehead atoms. The fourth-order valence-corrected chi connectivity index (χ4v) is 1.41. The van der Waals surface area contributed by atoms with Crippen LogP contribution in [0.5, 0.6) is 0 Å². The van der Waals surface area contributed by atoms with Gasteiger partial charge in [0.2, 0.25) is 0 Å². The van der Waals surface area contributed by atoms with Gasteiger partial charge in [0.25, 0.3) is 5.69 Å². The van der Waals surface area contributed by atoms with Crippen molar-refractivity contribution < 1.29 is 15.1 Å². The van der Waals surface area contributed by atoms with Gasteiger partial charge in [-0.05, 0) is 13.0 Å². The fourth-order valence-electron chi connectivity index (χ4n) is 1.41. The topological polar surface area (TPSA) is 108 Å². The minimum atomic E-state index is -0.930. The first-order valence-corrected chi connectivity index (χ1v) is 5.41. The van der Waals surface area contributed by atoms with Crippen molar-refractivity contribution in [2.24, 2.45) is 0 Å². The molecule has 0 spiro atoms. The van der Waals surface area contributed by atoms with E-state index < -0.39 is 10.5 Å². The van der Waals surface area contributed by atoms with Crippen molar-refractivity contribution in [2.45, 2.75) is 12.5 Å². The number of hydrogen-bond acceptors (Lipinski definition) is 6. The van der Waals surface area contributed by atoms with Crippen LogP contribution in [0.4, 0.5) is 17.1 Å². The van der Waals surface area contributed by atoms with Crippen LogP contribution in [0.15, 0.2) is 18.2 Å². The molecule has 0 aliphatic rings. The van der Waals surface area contributed by atoms with E-state index in [0.717, 1.165) is 0 Å². The van der Waals surface area contributed by atoms with Crippen LogP contribution in [0.3, 0.4) is 0 Å². The highest BCUT2D eigenvalue weighted by Crippen LogP contribution is 2.26. The quantitative estimate of drug-likeness (QED) is 0.442. The third kappa shape index (κ3) is 3.31. The molecule has 18 heavy (non-hydrogen) atoms. The lowest BCUT2D eigenvalue weighted by Gasteiger charge is -2.27. The third-order valence-corrected chi connectivity index (χ3v) is 2.56. The van der Waals surface area contributed by atoms with Gasteiger partial charge in [-0.15, -0.1) is 0 Å².